The summed E-state index contributed by atoms with van der Waals surface area (Å²) >= 11 is 1.58. The Balaban J connectivity index is 1.65. The van der Waals surface area contributed by atoms with Gasteiger partial charge < -0.3 is 9.64 Å². The van der Waals surface area contributed by atoms with Crippen LogP contribution in [0.1, 0.15) is 18.4 Å². The summed E-state index contributed by atoms with van der Waals surface area (Å²) in [5.41, 5.74) is 0.454. The number of rotatable bonds is 5. The highest BCUT2D eigenvalue weighted by molar-refractivity contribution is 7.84. The molecule has 2 heterocycles. The first-order valence-electron chi connectivity index (χ1n) is 9.35. The number of methoxy groups -OCH3 is 1. The molecule has 158 valence electrons. The van der Waals surface area contributed by atoms with E-state index in [9.17, 15) is 17.8 Å². The average molecular weight is 448 g/mol. The summed E-state index contributed by atoms with van der Waals surface area (Å²) < 4.78 is 40.0. The van der Waals surface area contributed by atoms with Gasteiger partial charge in [-0.15, -0.1) is 0 Å². The molecule has 10 heteroatoms. The van der Waals surface area contributed by atoms with Crippen LogP contribution >= 0.6 is 11.3 Å². The molecule has 0 aliphatic carbocycles. The van der Waals surface area contributed by atoms with Gasteiger partial charge in [-0.25, -0.2) is 9.71 Å². The molecule has 1 fully saturated rings. The van der Waals surface area contributed by atoms with Gasteiger partial charge in [0.1, 0.15) is 5.75 Å². The van der Waals surface area contributed by atoms with Crippen molar-refractivity contribution in [2.75, 3.05) is 25.1 Å². The summed E-state index contributed by atoms with van der Waals surface area (Å²) in [7, 11) is -3.14. The lowest BCUT2D eigenvalue weighted by atomic mass is 9.72. The third kappa shape index (κ3) is 3.98. The van der Waals surface area contributed by atoms with E-state index in [2.05, 4.69) is 9.88 Å². The van der Waals surface area contributed by atoms with Gasteiger partial charge in [0.2, 0.25) is 5.91 Å². The minimum absolute atomic E-state index is 0.359. The third-order valence-electron chi connectivity index (χ3n) is 5.45. The number of carbonyl (C=O) groups excluding carboxylic acids is 1. The standard InChI is InChI=1S/C20H21N3O5S2/c1-28-15-6-4-5-14(13-15)20(18(24)22-30(25,26)27)9-11-23(12-10-20)19-21-16-7-2-3-8-17(16)29-19/h2-8,13H,9-12H2,1H3,(H,22,24)(H,25,26,27). The summed E-state index contributed by atoms with van der Waals surface area (Å²) in [6.07, 6.45) is 0.717. The lowest BCUT2D eigenvalue weighted by Gasteiger charge is -2.40. The second kappa shape index (κ2) is 7.86. The van der Waals surface area contributed by atoms with Crippen molar-refractivity contribution in [3.8, 4) is 5.75 Å². The Kier molecular flexibility index (Phi) is 5.39. The van der Waals surface area contributed by atoms with Crippen LogP contribution < -0.4 is 14.4 Å². The monoisotopic (exact) mass is 447 g/mol. The number of aromatic nitrogens is 1. The van der Waals surface area contributed by atoms with Crippen molar-refractivity contribution in [1.82, 2.24) is 9.71 Å². The number of para-hydroxylation sites is 1. The zero-order valence-corrected chi connectivity index (χ0v) is 17.9. The fourth-order valence-electron chi connectivity index (χ4n) is 3.86. The number of anilines is 1. The predicted octanol–water partition coefficient (Wildman–Crippen LogP) is 2.76. The van der Waals surface area contributed by atoms with Crippen molar-refractivity contribution in [3.05, 3.63) is 54.1 Å². The maximum Gasteiger partial charge on any atom is 0.359 e. The van der Waals surface area contributed by atoms with Gasteiger partial charge in [0, 0.05) is 13.1 Å². The molecule has 0 unspecified atom stereocenters. The van der Waals surface area contributed by atoms with Gasteiger partial charge in [-0.3, -0.25) is 9.35 Å². The lowest BCUT2D eigenvalue weighted by molar-refractivity contribution is -0.125. The molecule has 0 spiro atoms. The second-order valence-electron chi connectivity index (χ2n) is 7.17. The summed E-state index contributed by atoms with van der Waals surface area (Å²) in [6, 6.07) is 14.9. The van der Waals surface area contributed by atoms with Crippen LogP contribution in [0.5, 0.6) is 5.75 Å². The largest absolute Gasteiger partial charge is 0.497 e. The van der Waals surface area contributed by atoms with Crippen LogP contribution in [0.2, 0.25) is 0 Å². The van der Waals surface area contributed by atoms with Crippen LogP contribution in [-0.4, -0.2) is 44.1 Å². The first-order chi connectivity index (χ1) is 14.3. The number of amides is 1. The minimum atomic E-state index is -4.67. The molecule has 0 bridgehead atoms. The fourth-order valence-corrected chi connectivity index (χ4v) is 5.30. The Labute approximate surface area is 178 Å². The number of nitrogens with zero attached hydrogens (tertiary/aromatic N) is 2. The number of hydrogen-bond donors (Lipinski definition) is 2. The molecule has 2 aromatic carbocycles. The topological polar surface area (TPSA) is 109 Å². The molecule has 1 aromatic heterocycles. The molecule has 0 radical (unpaired) electrons. The quantitative estimate of drug-likeness (QED) is 0.579. The number of piperidine rings is 1. The molecule has 4 rings (SSSR count). The number of hydrogen-bond acceptors (Lipinski definition) is 7. The van der Waals surface area contributed by atoms with Gasteiger partial charge in [0.05, 0.1) is 22.7 Å². The van der Waals surface area contributed by atoms with Gasteiger partial charge in [-0.05, 0) is 42.7 Å². The minimum Gasteiger partial charge on any atom is -0.497 e. The Morgan fingerprint density at radius 1 is 1.20 bits per heavy atom. The van der Waals surface area contributed by atoms with E-state index in [1.54, 1.807) is 40.3 Å². The smallest absolute Gasteiger partial charge is 0.359 e. The maximum atomic E-state index is 13.0. The lowest BCUT2D eigenvalue weighted by Crippen LogP contribution is -2.53. The number of carbonyl (C=O) groups is 1. The van der Waals surface area contributed by atoms with E-state index in [0.717, 1.165) is 15.3 Å². The normalized spacial score (nSPS) is 16.4. The van der Waals surface area contributed by atoms with E-state index in [1.807, 2.05) is 24.3 Å². The van der Waals surface area contributed by atoms with Crippen LogP contribution in [-0.2, 0) is 20.5 Å². The average Bonchev–Trinajstić information content (AvgIpc) is 3.17. The van der Waals surface area contributed by atoms with Crippen LogP contribution in [0.25, 0.3) is 10.2 Å². The highest BCUT2D eigenvalue weighted by atomic mass is 32.2. The molecule has 0 saturated carbocycles. The second-order valence-corrected chi connectivity index (χ2v) is 9.33. The van der Waals surface area contributed by atoms with E-state index >= 15 is 0 Å². The summed E-state index contributed by atoms with van der Waals surface area (Å²) in [5.74, 6) is -0.178. The molecule has 1 aliphatic heterocycles. The van der Waals surface area contributed by atoms with Gasteiger partial charge >= 0.3 is 10.3 Å². The van der Waals surface area contributed by atoms with Crippen LogP contribution in [0.3, 0.4) is 0 Å². The highest BCUT2D eigenvalue weighted by Gasteiger charge is 2.44. The summed E-state index contributed by atoms with van der Waals surface area (Å²) in [5, 5.41) is 0.866. The Bertz CT molecular complexity index is 1150. The van der Waals surface area contributed by atoms with Crippen molar-refractivity contribution in [3.63, 3.8) is 0 Å². The fraction of sp³-hybridized carbons (Fsp3) is 0.300. The van der Waals surface area contributed by atoms with Crippen molar-refractivity contribution in [1.29, 1.82) is 0 Å². The van der Waals surface area contributed by atoms with Crippen molar-refractivity contribution >= 4 is 42.9 Å². The number of benzene rings is 2. The number of ether oxygens (including phenoxy) is 1. The number of nitrogens with one attached hydrogen (secondary N) is 1. The highest BCUT2D eigenvalue weighted by Crippen LogP contribution is 2.40. The Morgan fingerprint density at radius 2 is 1.93 bits per heavy atom. The van der Waals surface area contributed by atoms with Crippen molar-refractivity contribution in [2.45, 2.75) is 18.3 Å². The molecular formula is C20H21N3O5S2. The molecule has 30 heavy (non-hydrogen) atoms. The van der Waals surface area contributed by atoms with Crippen LogP contribution in [0.4, 0.5) is 5.13 Å². The van der Waals surface area contributed by atoms with E-state index in [4.69, 9.17) is 4.74 Å². The Morgan fingerprint density at radius 3 is 2.60 bits per heavy atom. The Hall–Kier alpha value is -2.69. The first-order valence-corrected chi connectivity index (χ1v) is 11.6. The van der Waals surface area contributed by atoms with Crippen LogP contribution in [0.15, 0.2) is 48.5 Å². The molecule has 3 aromatic rings. The van der Waals surface area contributed by atoms with E-state index in [1.165, 1.54) is 7.11 Å². The van der Waals surface area contributed by atoms with Gasteiger partial charge in [0.25, 0.3) is 0 Å². The maximum absolute atomic E-state index is 13.0. The number of thiazole rings is 1. The molecular weight excluding hydrogens is 426 g/mol. The van der Waals surface area contributed by atoms with E-state index in [-0.39, 0.29) is 0 Å². The van der Waals surface area contributed by atoms with Crippen molar-refractivity contribution in [2.24, 2.45) is 0 Å². The van der Waals surface area contributed by atoms with Gasteiger partial charge in [-0.1, -0.05) is 35.6 Å². The first kappa shape index (κ1) is 20.6. The molecule has 1 aliphatic rings. The molecule has 1 saturated heterocycles. The van der Waals surface area contributed by atoms with E-state index in [0.29, 0.717) is 37.2 Å². The summed E-state index contributed by atoms with van der Waals surface area (Å²) in [4.78, 5) is 19.8. The zero-order chi connectivity index (χ0) is 21.4. The summed E-state index contributed by atoms with van der Waals surface area (Å²) in [6.45, 7) is 1.02. The van der Waals surface area contributed by atoms with Crippen molar-refractivity contribution < 1.29 is 22.5 Å². The van der Waals surface area contributed by atoms with Gasteiger partial charge in [0.15, 0.2) is 5.13 Å². The van der Waals surface area contributed by atoms with E-state index < -0.39 is 21.6 Å². The predicted molar refractivity (Wildman–Crippen MR) is 115 cm³/mol. The molecule has 8 nitrogen and oxygen atoms in total. The zero-order valence-electron chi connectivity index (χ0n) is 16.2. The SMILES string of the molecule is COc1cccc(C2(C(=O)NS(=O)(=O)O)CCN(c3nc4ccccc4s3)CC2)c1. The number of fused-ring (bicyclic) bond motifs is 1. The third-order valence-corrected chi connectivity index (χ3v) is 6.99. The molecule has 0 atom stereocenters. The van der Waals surface area contributed by atoms with Crippen LogP contribution in [0, 0.1) is 0 Å². The molecule has 1 amide bonds. The van der Waals surface area contributed by atoms with Gasteiger partial charge in [-0.2, -0.15) is 8.42 Å². The molecule has 2 N–H and O–H groups in total.